The summed E-state index contributed by atoms with van der Waals surface area (Å²) < 4.78 is 17.0. The second-order valence-corrected chi connectivity index (χ2v) is 8.02. The van der Waals surface area contributed by atoms with Crippen LogP contribution in [0, 0.1) is 17.8 Å². The van der Waals surface area contributed by atoms with Crippen LogP contribution in [-0.4, -0.2) is 32.4 Å². The summed E-state index contributed by atoms with van der Waals surface area (Å²) in [5.74, 6) is 2.63. The van der Waals surface area contributed by atoms with Gasteiger partial charge in [0.2, 0.25) is 0 Å². The first-order valence-electron chi connectivity index (χ1n) is 10.2. The number of ketones is 1. The maximum absolute atomic E-state index is 12.6. The van der Waals surface area contributed by atoms with Crippen LogP contribution in [-0.2, 0) is 27.1 Å². The summed E-state index contributed by atoms with van der Waals surface area (Å²) in [4.78, 5) is 12.6. The smallest absolute Gasteiger partial charge is 0.157 e. The molecule has 0 amide bonds. The third kappa shape index (κ3) is 3.67. The van der Waals surface area contributed by atoms with E-state index in [0.717, 1.165) is 57.3 Å². The van der Waals surface area contributed by atoms with E-state index in [2.05, 4.69) is 12.1 Å². The quantitative estimate of drug-likeness (QED) is 0.723. The molecule has 1 heterocycles. The van der Waals surface area contributed by atoms with Gasteiger partial charge in [-0.05, 0) is 74.0 Å². The van der Waals surface area contributed by atoms with Crippen molar-refractivity contribution in [2.45, 2.75) is 57.7 Å². The molecule has 2 aliphatic carbocycles. The molecule has 26 heavy (non-hydrogen) atoms. The van der Waals surface area contributed by atoms with Crippen molar-refractivity contribution in [3.05, 3.63) is 29.3 Å². The highest BCUT2D eigenvalue weighted by molar-refractivity contribution is 5.84. The Morgan fingerprint density at radius 3 is 2.92 bits per heavy atom. The lowest BCUT2D eigenvalue weighted by atomic mass is 9.74. The Hall–Kier alpha value is -1.39. The van der Waals surface area contributed by atoms with E-state index in [9.17, 15) is 4.79 Å². The van der Waals surface area contributed by atoms with E-state index >= 15 is 0 Å². The van der Waals surface area contributed by atoms with Gasteiger partial charge in [-0.2, -0.15) is 0 Å². The average Bonchev–Trinajstić information content (AvgIpc) is 2.98. The fourth-order valence-corrected chi connectivity index (χ4v) is 5.14. The van der Waals surface area contributed by atoms with Gasteiger partial charge in [-0.3, -0.25) is 4.79 Å². The summed E-state index contributed by atoms with van der Waals surface area (Å²) in [5, 5.41) is 0. The van der Waals surface area contributed by atoms with E-state index in [-0.39, 0.29) is 12.2 Å². The minimum absolute atomic E-state index is 0.0233. The number of ether oxygens (including phenoxy) is 3. The Bertz CT molecular complexity index is 635. The minimum Gasteiger partial charge on any atom is -0.496 e. The van der Waals surface area contributed by atoms with Crippen LogP contribution in [0.25, 0.3) is 0 Å². The average molecular weight is 358 g/mol. The number of rotatable bonds is 6. The third-order valence-corrected chi connectivity index (χ3v) is 6.47. The fourth-order valence-electron chi connectivity index (χ4n) is 5.14. The Morgan fingerprint density at radius 1 is 1.19 bits per heavy atom. The number of Topliss-reactive ketones (excluding diaryl/α,β-unsaturated/α-hetero) is 1. The van der Waals surface area contributed by atoms with Gasteiger partial charge in [0.05, 0.1) is 7.11 Å². The molecule has 142 valence electrons. The molecule has 2 fully saturated rings. The Morgan fingerprint density at radius 2 is 2.12 bits per heavy atom. The van der Waals surface area contributed by atoms with E-state index in [1.165, 1.54) is 17.5 Å². The lowest BCUT2D eigenvalue weighted by Gasteiger charge is -2.31. The van der Waals surface area contributed by atoms with Crippen molar-refractivity contribution < 1.29 is 19.0 Å². The van der Waals surface area contributed by atoms with E-state index in [0.29, 0.717) is 24.2 Å². The Balaban J connectivity index is 1.33. The summed E-state index contributed by atoms with van der Waals surface area (Å²) >= 11 is 0. The summed E-state index contributed by atoms with van der Waals surface area (Å²) in [6, 6.07) is 6.32. The second kappa shape index (κ2) is 8.10. The van der Waals surface area contributed by atoms with Crippen molar-refractivity contribution in [2.75, 3.05) is 20.3 Å². The first kappa shape index (κ1) is 18.0. The van der Waals surface area contributed by atoms with Crippen molar-refractivity contribution in [3.63, 3.8) is 0 Å². The molecule has 0 N–H and O–H groups in total. The van der Waals surface area contributed by atoms with Crippen molar-refractivity contribution in [2.24, 2.45) is 17.8 Å². The van der Waals surface area contributed by atoms with Crippen LogP contribution in [0.1, 0.15) is 49.7 Å². The van der Waals surface area contributed by atoms with Crippen molar-refractivity contribution in [3.8, 4) is 5.75 Å². The monoisotopic (exact) mass is 358 g/mol. The van der Waals surface area contributed by atoms with Crippen LogP contribution >= 0.6 is 0 Å². The van der Waals surface area contributed by atoms with E-state index in [4.69, 9.17) is 14.2 Å². The number of hydrogen-bond acceptors (Lipinski definition) is 4. The third-order valence-electron chi connectivity index (χ3n) is 6.47. The number of hydrogen-bond donors (Lipinski definition) is 0. The van der Waals surface area contributed by atoms with Crippen LogP contribution < -0.4 is 4.74 Å². The molecular weight excluding hydrogens is 328 g/mol. The first-order valence-corrected chi connectivity index (χ1v) is 10.2. The highest BCUT2D eigenvalue weighted by atomic mass is 16.7. The molecule has 4 rings (SSSR count). The topological polar surface area (TPSA) is 44.8 Å². The largest absolute Gasteiger partial charge is 0.496 e. The molecule has 1 aromatic rings. The van der Waals surface area contributed by atoms with Crippen molar-refractivity contribution >= 4 is 5.78 Å². The molecule has 4 atom stereocenters. The van der Waals surface area contributed by atoms with Gasteiger partial charge in [0.1, 0.15) is 11.5 Å². The number of carbonyl (C=O) groups is 1. The Kier molecular flexibility index (Phi) is 5.60. The lowest BCUT2D eigenvalue weighted by Crippen LogP contribution is -2.27. The minimum atomic E-state index is -0.0233. The molecule has 1 saturated heterocycles. The predicted molar refractivity (Wildman–Crippen MR) is 99.3 cm³/mol. The number of benzene rings is 1. The van der Waals surface area contributed by atoms with Gasteiger partial charge < -0.3 is 14.2 Å². The molecule has 1 aliphatic heterocycles. The number of fused-ring (bicyclic) bond motifs is 2. The van der Waals surface area contributed by atoms with Gasteiger partial charge in [0, 0.05) is 25.6 Å². The summed E-state index contributed by atoms with van der Waals surface area (Å²) in [7, 11) is 1.74. The van der Waals surface area contributed by atoms with Crippen LogP contribution in [0.5, 0.6) is 5.75 Å². The van der Waals surface area contributed by atoms with Gasteiger partial charge in [-0.1, -0.05) is 12.1 Å². The zero-order chi connectivity index (χ0) is 17.9. The van der Waals surface area contributed by atoms with Gasteiger partial charge in [0.15, 0.2) is 6.29 Å². The predicted octanol–water partition coefficient (Wildman–Crippen LogP) is 3.94. The van der Waals surface area contributed by atoms with E-state index in [1.807, 2.05) is 6.07 Å². The van der Waals surface area contributed by atoms with Crippen LogP contribution in [0.3, 0.4) is 0 Å². The molecular formula is C22H30O4. The fraction of sp³-hybridized carbons (Fsp3) is 0.682. The summed E-state index contributed by atoms with van der Waals surface area (Å²) in [6.07, 6.45) is 7.95. The van der Waals surface area contributed by atoms with Gasteiger partial charge in [-0.15, -0.1) is 0 Å². The molecule has 0 radical (unpaired) electrons. The lowest BCUT2D eigenvalue weighted by molar-refractivity contribution is -0.163. The molecule has 0 bridgehead atoms. The molecule has 0 spiro atoms. The van der Waals surface area contributed by atoms with Crippen molar-refractivity contribution in [1.29, 1.82) is 0 Å². The molecule has 1 aromatic carbocycles. The highest BCUT2D eigenvalue weighted by Crippen LogP contribution is 2.46. The van der Waals surface area contributed by atoms with Crippen LogP contribution in [0.2, 0.25) is 0 Å². The van der Waals surface area contributed by atoms with Gasteiger partial charge >= 0.3 is 0 Å². The zero-order valence-electron chi connectivity index (χ0n) is 15.7. The number of methoxy groups -OCH3 is 1. The van der Waals surface area contributed by atoms with Crippen molar-refractivity contribution in [1.82, 2.24) is 0 Å². The van der Waals surface area contributed by atoms with Gasteiger partial charge in [0.25, 0.3) is 0 Å². The Labute approximate surface area is 156 Å². The summed E-state index contributed by atoms with van der Waals surface area (Å²) in [5.41, 5.74) is 2.69. The van der Waals surface area contributed by atoms with E-state index < -0.39 is 0 Å². The number of carbonyl (C=O) groups excluding carboxylic acids is 1. The molecule has 4 nitrogen and oxygen atoms in total. The molecule has 0 aromatic heterocycles. The maximum atomic E-state index is 12.6. The normalized spacial score (nSPS) is 30.7. The molecule has 4 heteroatoms. The highest BCUT2D eigenvalue weighted by Gasteiger charge is 2.44. The SMILES string of the molecule is COc1cccc2c1CC1CC(=O)C(CCCOC3CCCCO3)[C@H]1C2. The first-order chi connectivity index (χ1) is 12.8. The second-order valence-electron chi connectivity index (χ2n) is 8.02. The van der Waals surface area contributed by atoms with Gasteiger partial charge in [-0.25, -0.2) is 0 Å². The van der Waals surface area contributed by atoms with Crippen LogP contribution in [0.15, 0.2) is 18.2 Å². The molecule has 3 unspecified atom stereocenters. The maximum Gasteiger partial charge on any atom is 0.157 e. The van der Waals surface area contributed by atoms with Crippen LogP contribution in [0.4, 0.5) is 0 Å². The standard InChI is InChI=1S/C22H30O4/c1-24-21-8-4-6-15-12-18-16(13-19(15)21)14-20(23)17(18)7-5-11-26-22-9-2-3-10-25-22/h4,6,8,16-18,22H,2-3,5,7,9-14H2,1H3/t16?,17?,18-,22?/m0/s1. The zero-order valence-corrected chi connectivity index (χ0v) is 15.7. The van der Waals surface area contributed by atoms with E-state index in [1.54, 1.807) is 7.11 Å². The summed E-state index contributed by atoms with van der Waals surface area (Å²) in [6.45, 7) is 1.52. The molecule has 3 aliphatic rings. The molecule has 1 saturated carbocycles.